The van der Waals surface area contributed by atoms with E-state index >= 15 is 0 Å². The smallest absolute Gasteiger partial charge is 0.225 e. The van der Waals surface area contributed by atoms with Crippen molar-refractivity contribution < 1.29 is 4.79 Å². The number of hydrogen-bond donors (Lipinski definition) is 2. The molecule has 0 bridgehead atoms. The van der Waals surface area contributed by atoms with Crippen molar-refractivity contribution in [2.45, 2.75) is 25.0 Å². The van der Waals surface area contributed by atoms with E-state index in [-0.39, 0.29) is 5.91 Å². The highest BCUT2D eigenvalue weighted by Gasteiger charge is 2.19. The number of nitrogens with two attached hydrogens (primary N) is 1. The Bertz CT molecular complexity index is 498. The lowest BCUT2D eigenvalue weighted by molar-refractivity contribution is -0.116. The van der Waals surface area contributed by atoms with Crippen LogP contribution >= 0.6 is 23.4 Å². The molecule has 1 aliphatic rings. The van der Waals surface area contributed by atoms with Crippen LogP contribution in [0.5, 0.6) is 0 Å². The summed E-state index contributed by atoms with van der Waals surface area (Å²) in [6, 6.07) is 5.10. The van der Waals surface area contributed by atoms with Gasteiger partial charge in [-0.3, -0.25) is 4.79 Å². The van der Waals surface area contributed by atoms with Gasteiger partial charge in [0.25, 0.3) is 0 Å². The summed E-state index contributed by atoms with van der Waals surface area (Å²) in [5.74, 6) is 1.15. The fourth-order valence-electron chi connectivity index (χ4n) is 2.35. The van der Waals surface area contributed by atoms with Crippen molar-refractivity contribution in [1.29, 1.82) is 0 Å². The molecule has 21 heavy (non-hydrogen) atoms. The third-order valence-electron chi connectivity index (χ3n) is 3.62. The van der Waals surface area contributed by atoms with Crippen LogP contribution < -0.4 is 11.1 Å². The number of carbonyl (C=O) groups excluding carboxylic acids is 1. The number of benzene rings is 1. The molecular weight excluding hydrogens is 306 g/mol. The Balaban J connectivity index is 1.79. The van der Waals surface area contributed by atoms with Crippen LogP contribution in [0.3, 0.4) is 0 Å². The summed E-state index contributed by atoms with van der Waals surface area (Å²) in [6.07, 6.45) is 1.68. The highest BCUT2D eigenvalue weighted by molar-refractivity contribution is 8.00. The lowest BCUT2D eigenvalue weighted by Crippen LogP contribution is -2.39. The molecule has 0 aromatic heterocycles. The number of halogens is 1. The number of nitrogens with zero attached hydrogens (tertiary/aromatic N) is 1. The third kappa shape index (κ3) is 5.09. The van der Waals surface area contributed by atoms with E-state index in [9.17, 15) is 4.79 Å². The summed E-state index contributed by atoms with van der Waals surface area (Å²) in [7, 11) is 0. The molecule has 1 unspecified atom stereocenters. The lowest BCUT2D eigenvalue weighted by Gasteiger charge is -2.31. The summed E-state index contributed by atoms with van der Waals surface area (Å²) in [6.45, 7) is 5.17. The van der Waals surface area contributed by atoms with Crippen LogP contribution in [0.2, 0.25) is 5.02 Å². The molecule has 0 radical (unpaired) electrons. The lowest BCUT2D eigenvalue weighted by atomic mass is 10.2. The minimum atomic E-state index is -0.00435. The van der Waals surface area contributed by atoms with Crippen molar-refractivity contribution in [3.05, 3.63) is 23.2 Å². The molecule has 0 aliphatic carbocycles. The van der Waals surface area contributed by atoms with Gasteiger partial charge in [-0.2, -0.15) is 11.8 Å². The molecule has 116 valence electrons. The molecular formula is C15H22ClN3OS. The molecule has 3 N–H and O–H groups in total. The molecule has 1 amide bonds. The van der Waals surface area contributed by atoms with Crippen molar-refractivity contribution in [3.8, 4) is 0 Å². The largest absolute Gasteiger partial charge is 0.397 e. The van der Waals surface area contributed by atoms with Crippen LogP contribution in [0.25, 0.3) is 0 Å². The Morgan fingerprint density at radius 3 is 3.10 bits per heavy atom. The zero-order valence-corrected chi connectivity index (χ0v) is 13.8. The van der Waals surface area contributed by atoms with Gasteiger partial charge in [0.1, 0.15) is 0 Å². The maximum atomic E-state index is 12.0. The van der Waals surface area contributed by atoms with Gasteiger partial charge in [0.2, 0.25) is 5.91 Å². The van der Waals surface area contributed by atoms with Gasteiger partial charge in [-0.05, 0) is 24.6 Å². The fourth-order valence-corrected chi connectivity index (χ4v) is 3.78. The normalized spacial score (nSPS) is 19.4. The standard InChI is InChI=1S/C15H22ClN3OS/c1-2-12-10-19(7-8-21-12)6-5-15(20)18-14-4-3-11(16)9-13(14)17/h3-4,9,12H,2,5-8,10,17H2,1H3,(H,18,20). The van der Waals surface area contributed by atoms with Gasteiger partial charge in [0.15, 0.2) is 0 Å². The predicted molar refractivity (Wildman–Crippen MR) is 92.1 cm³/mol. The number of carbonyl (C=O) groups is 1. The van der Waals surface area contributed by atoms with E-state index in [4.69, 9.17) is 17.3 Å². The SMILES string of the molecule is CCC1CN(CCC(=O)Nc2ccc(Cl)cc2N)CCS1. The highest BCUT2D eigenvalue weighted by Crippen LogP contribution is 2.23. The Hall–Kier alpha value is -0.910. The van der Waals surface area contributed by atoms with Crippen LogP contribution in [-0.4, -0.2) is 41.4 Å². The van der Waals surface area contributed by atoms with Crippen molar-refractivity contribution >= 4 is 40.6 Å². The van der Waals surface area contributed by atoms with Crippen LogP contribution in [0.4, 0.5) is 11.4 Å². The first kappa shape index (κ1) is 16.5. The van der Waals surface area contributed by atoms with Crippen LogP contribution in [0.1, 0.15) is 19.8 Å². The molecule has 1 aliphatic heterocycles. The minimum absolute atomic E-state index is 0.00435. The van der Waals surface area contributed by atoms with Gasteiger partial charge in [-0.15, -0.1) is 0 Å². The predicted octanol–water partition coefficient (Wildman–Crippen LogP) is 3.08. The number of rotatable bonds is 5. The van der Waals surface area contributed by atoms with E-state index in [1.165, 1.54) is 6.42 Å². The molecule has 1 aromatic rings. The number of anilines is 2. The first-order valence-corrected chi connectivity index (χ1v) is 8.70. The summed E-state index contributed by atoms with van der Waals surface area (Å²) in [5.41, 5.74) is 6.96. The van der Waals surface area contributed by atoms with Crippen molar-refractivity contribution in [2.24, 2.45) is 0 Å². The molecule has 6 heteroatoms. The zero-order valence-electron chi connectivity index (χ0n) is 12.3. The third-order valence-corrected chi connectivity index (χ3v) is 5.23. The first-order valence-electron chi connectivity index (χ1n) is 7.27. The fraction of sp³-hybridized carbons (Fsp3) is 0.533. The average Bonchev–Trinajstić information content (AvgIpc) is 2.48. The Kier molecular flexibility index (Phi) is 6.21. The number of nitrogens with one attached hydrogen (secondary N) is 1. The monoisotopic (exact) mass is 327 g/mol. The van der Waals surface area contributed by atoms with Crippen LogP contribution in [0.15, 0.2) is 18.2 Å². The second kappa shape index (κ2) is 7.92. The summed E-state index contributed by atoms with van der Waals surface area (Å²) in [4.78, 5) is 14.4. The minimum Gasteiger partial charge on any atom is -0.397 e. The van der Waals surface area contributed by atoms with E-state index in [1.54, 1.807) is 18.2 Å². The molecule has 1 heterocycles. The van der Waals surface area contributed by atoms with Crippen LogP contribution in [-0.2, 0) is 4.79 Å². The molecule has 0 spiro atoms. The molecule has 1 aromatic carbocycles. The summed E-state index contributed by atoms with van der Waals surface area (Å²) < 4.78 is 0. The Morgan fingerprint density at radius 1 is 1.57 bits per heavy atom. The van der Waals surface area contributed by atoms with E-state index in [0.717, 1.165) is 25.4 Å². The molecule has 2 rings (SSSR count). The first-order chi connectivity index (χ1) is 10.1. The van der Waals surface area contributed by atoms with Crippen molar-refractivity contribution in [3.63, 3.8) is 0 Å². The van der Waals surface area contributed by atoms with E-state index in [2.05, 4.69) is 17.1 Å². The quantitative estimate of drug-likeness (QED) is 0.816. The second-order valence-electron chi connectivity index (χ2n) is 5.23. The zero-order chi connectivity index (χ0) is 15.2. The van der Waals surface area contributed by atoms with Gasteiger partial charge >= 0.3 is 0 Å². The maximum absolute atomic E-state index is 12.0. The van der Waals surface area contributed by atoms with Gasteiger partial charge in [-0.1, -0.05) is 18.5 Å². The van der Waals surface area contributed by atoms with E-state index in [0.29, 0.717) is 28.1 Å². The summed E-state index contributed by atoms with van der Waals surface area (Å²) >= 11 is 7.88. The summed E-state index contributed by atoms with van der Waals surface area (Å²) in [5, 5.41) is 4.12. The van der Waals surface area contributed by atoms with E-state index < -0.39 is 0 Å². The number of thioether (sulfide) groups is 1. The Morgan fingerprint density at radius 2 is 2.38 bits per heavy atom. The number of nitrogen functional groups attached to an aromatic ring is 1. The molecule has 0 saturated carbocycles. The maximum Gasteiger partial charge on any atom is 0.225 e. The van der Waals surface area contributed by atoms with Crippen LogP contribution in [0, 0.1) is 0 Å². The highest BCUT2D eigenvalue weighted by atomic mass is 35.5. The topological polar surface area (TPSA) is 58.4 Å². The van der Waals surface area contributed by atoms with Gasteiger partial charge < -0.3 is 16.0 Å². The van der Waals surface area contributed by atoms with Gasteiger partial charge in [0, 0.05) is 42.1 Å². The molecule has 1 atom stereocenters. The van der Waals surface area contributed by atoms with Gasteiger partial charge in [-0.25, -0.2) is 0 Å². The molecule has 1 fully saturated rings. The second-order valence-corrected chi connectivity index (χ2v) is 7.08. The number of hydrogen-bond acceptors (Lipinski definition) is 4. The van der Waals surface area contributed by atoms with Crippen molar-refractivity contribution in [2.75, 3.05) is 36.4 Å². The van der Waals surface area contributed by atoms with E-state index in [1.807, 2.05) is 11.8 Å². The van der Waals surface area contributed by atoms with Crippen molar-refractivity contribution in [1.82, 2.24) is 4.90 Å². The van der Waals surface area contributed by atoms with Gasteiger partial charge in [0.05, 0.1) is 11.4 Å². The number of amides is 1. The average molecular weight is 328 g/mol. The molecule has 1 saturated heterocycles. The molecule has 4 nitrogen and oxygen atoms in total. The Labute approximate surface area is 135 Å².